The van der Waals surface area contributed by atoms with Crippen LogP contribution >= 0.6 is 0 Å². The molecule has 0 aromatic heterocycles. The van der Waals surface area contributed by atoms with Crippen LogP contribution in [0, 0.1) is 10.1 Å². The Balaban J connectivity index is 3.37. The average Bonchev–Trinajstić information content (AvgIpc) is 1.96. The van der Waals surface area contributed by atoms with Gasteiger partial charge < -0.3 is 5.11 Å². The lowest BCUT2D eigenvalue weighted by molar-refractivity contribution is -0.729. The van der Waals surface area contributed by atoms with Crippen molar-refractivity contribution in [3.05, 3.63) is 10.1 Å². The lowest BCUT2D eigenvalue weighted by atomic mass is 10.2. The monoisotopic (exact) mass is 191 g/mol. The van der Waals surface area contributed by atoms with E-state index in [2.05, 4.69) is 4.84 Å². The van der Waals surface area contributed by atoms with Crippen molar-refractivity contribution in [2.45, 2.75) is 25.7 Å². The third-order valence-corrected chi connectivity index (χ3v) is 1.20. The van der Waals surface area contributed by atoms with Crippen molar-refractivity contribution in [3.8, 4) is 0 Å². The van der Waals surface area contributed by atoms with Gasteiger partial charge in [-0.15, -0.1) is 10.1 Å². The topological polar surface area (TPSA) is 107 Å². The molecule has 0 spiro atoms. The Morgan fingerprint density at radius 1 is 1.31 bits per heavy atom. The van der Waals surface area contributed by atoms with Crippen molar-refractivity contribution in [2.75, 3.05) is 0 Å². The summed E-state index contributed by atoms with van der Waals surface area (Å²) in [4.78, 5) is 33.7. The Hall–Kier alpha value is -1.66. The lowest BCUT2D eigenvalue weighted by Gasteiger charge is -1.96. The Morgan fingerprint density at radius 2 is 1.85 bits per heavy atom. The van der Waals surface area contributed by atoms with Gasteiger partial charge in [-0.05, 0) is 12.8 Å². The summed E-state index contributed by atoms with van der Waals surface area (Å²) < 4.78 is 0. The van der Waals surface area contributed by atoms with Crippen LogP contribution in [0.2, 0.25) is 0 Å². The van der Waals surface area contributed by atoms with Gasteiger partial charge in [0.2, 0.25) is 0 Å². The summed E-state index contributed by atoms with van der Waals surface area (Å²) in [5, 5.41) is 16.6. The fourth-order valence-corrected chi connectivity index (χ4v) is 0.674. The summed E-state index contributed by atoms with van der Waals surface area (Å²) in [7, 11) is 0. The van der Waals surface area contributed by atoms with Crippen LogP contribution in [-0.2, 0) is 14.4 Å². The summed E-state index contributed by atoms with van der Waals surface area (Å²) in [6, 6.07) is 0. The summed E-state index contributed by atoms with van der Waals surface area (Å²) in [6.45, 7) is 0. The van der Waals surface area contributed by atoms with Crippen LogP contribution in [0.1, 0.15) is 25.7 Å². The van der Waals surface area contributed by atoms with Crippen LogP contribution in [0.5, 0.6) is 0 Å². The smallest absolute Gasteiger partial charge is 0.303 e. The molecule has 0 radical (unpaired) electrons. The fourth-order valence-electron chi connectivity index (χ4n) is 0.674. The second-order valence-corrected chi connectivity index (χ2v) is 2.29. The van der Waals surface area contributed by atoms with Crippen molar-refractivity contribution in [1.29, 1.82) is 0 Å². The van der Waals surface area contributed by atoms with Crippen LogP contribution < -0.4 is 0 Å². The number of hydrogen-bond donors (Lipinski definition) is 1. The molecule has 1 N–H and O–H groups in total. The molecule has 0 aliphatic heterocycles. The number of carbonyl (C=O) groups excluding carboxylic acids is 1. The number of carboxylic acids is 1. The zero-order chi connectivity index (χ0) is 10.3. The van der Waals surface area contributed by atoms with Gasteiger partial charge in [0.05, 0.1) is 0 Å². The van der Waals surface area contributed by atoms with E-state index in [1.54, 1.807) is 0 Å². The van der Waals surface area contributed by atoms with E-state index in [1.165, 1.54) is 0 Å². The summed E-state index contributed by atoms with van der Waals surface area (Å²) in [6.07, 6.45) is 0.404. The molecule has 0 fully saturated rings. The zero-order valence-electron chi connectivity index (χ0n) is 6.76. The predicted octanol–water partition coefficient (Wildman–Crippen LogP) is 0.366. The largest absolute Gasteiger partial charge is 0.481 e. The number of hydrogen-bond acceptors (Lipinski definition) is 5. The first-order valence-electron chi connectivity index (χ1n) is 3.59. The van der Waals surface area contributed by atoms with Crippen LogP contribution in [-0.4, -0.2) is 22.1 Å². The molecule has 0 heterocycles. The molecule has 0 saturated carbocycles. The second kappa shape index (κ2) is 5.92. The molecule has 0 amide bonds. The average molecular weight is 191 g/mol. The molecule has 13 heavy (non-hydrogen) atoms. The van der Waals surface area contributed by atoms with E-state index in [9.17, 15) is 19.7 Å². The Kier molecular flexibility index (Phi) is 5.17. The molecule has 0 aromatic carbocycles. The van der Waals surface area contributed by atoms with Gasteiger partial charge in [-0.2, -0.15) is 0 Å². The number of carboxylic acid groups (broad SMARTS) is 1. The van der Waals surface area contributed by atoms with Crippen LogP contribution in [0.4, 0.5) is 0 Å². The van der Waals surface area contributed by atoms with Gasteiger partial charge in [0.25, 0.3) is 0 Å². The molecular weight excluding hydrogens is 182 g/mol. The summed E-state index contributed by atoms with van der Waals surface area (Å²) >= 11 is 0. The minimum Gasteiger partial charge on any atom is -0.481 e. The maximum atomic E-state index is 10.5. The van der Waals surface area contributed by atoms with Gasteiger partial charge in [-0.25, -0.2) is 4.84 Å². The number of unbranched alkanes of at least 4 members (excludes halogenated alkanes) is 1. The normalized spacial score (nSPS) is 9.23. The quantitative estimate of drug-likeness (QED) is 0.369. The Bertz CT molecular complexity index is 213. The van der Waals surface area contributed by atoms with Crippen molar-refractivity contribution in [2.24, 2.45) is 0 Å². The van der Waals surface area contributed by atoms with Gasteiger partial charge in [-0.1, -0.05) is 0 Å². The molecule has 0 aromatic rings. The second-order valence-electron chi connectivity index (χ2n) is 2.29. The maximum Gasteiger partial charge on any atom is 0.303 e. The molecule has 0 aliphatic carbocycles. The minimum atomic E-state index is -1.18. The van der Waals surface area contributed by atoms with E-state index >= 15 is 0 Å². The third-order valence-electron chi connectivity index (χ3n) is 1.20. The molecule has 0 unspecified atom stereocenters. The molecule has 0 atom stereocenters. The maximum absolute atomic E-state index is 10.5. The van der Waals surface area contributed by atoms with E-state index in [1.807, 2.05) is 0 Å². The van der Waals surface area contributed by atoms with Crippen molar-refractivity contribution in [3.63, 3.8) is 0 Å². The minimum absolute atomic E-state index is 0.0499. The summed E-state index contributed by atoms with van der Waals surface area (Å²) in [5.74, 6) is -1.90. The van der Waals surface area contributed by atoms with E-state index in [0.29, 0.717) is 6.42 Å². The first-order chi connectivity index (χ1) is 6.02. The highest BCUT2D eigenvalue weighted by atomic mass is 17.0. The van der Waals surface area contributed by atoms with Crippen molar-refractivity contribution >= 4 is 11.9 Å². The highest BCUT2D eigenvalue weighted by molar-refractivity contribution is 5.69. The molecule has 0 saturated heterocycles. The number of aliphatic carboxylic acids is 1. The van der Waals surface area contributed by atoms with Crippen molar-refractivity contribution < 1.29 is 24.6 Å². The number of nitrogens with zero attached hydrogens (tertiary/aromatic N) is 1. The van der Waals surface area contributed by atoms with Gasteiger partial charge >= 0.3 is 17.0 Å². The molecule has 0 bridgehead atoms. The van der Waals surface area contributed by atoms with E-state index in [0.717, 1.165) is 0 Å². The Labute approximate surface area is 73.4 Å². The molecule has 7 heteroatoms. The molecule has 0 aliphatic rings. The first kappa shape index (κ1) is 11.3. The lowest BCUT2D eigenvalue weighted by Crippen LogP contribution is -2.09. The number of rotatable bonds is 6. The number of carbonyl (C=O) groups is 2. The predicted molar refractivity (Wildman–Crippen MR) is 39.2 cm³/mol. The Morgan fingerprint density at radius 3 is 2.31 bits per heavy atom. The van der Waals surface area contributed by atoms with Gasteiger partial charge in [0, 0.05) is 12.8 Å². The highest BCUT2D eigenvalue weighted by Crippen LogP contribution is 2.01. The van der Waals surface area contributed by atoms with E-state index in [-0.39, 0.29) is 19.3 Å². The molecule has 74 valence electrons. The fraction of sp³-hybridized carbons (Fsp3) is 0.667. The molecule has 7 nitrogen and oxygen atoms in total. The third kappa shape index (κ3) is 8.24. The first-order valence-corrected chi connectivity index (χ1v) is 3.59. The van der Waals surface area contributed by atoms with Crippen LogP contribution in [0.15, 0.2) is 0 Å². The van der Waals surface area contributed by atoms with Crippen molar-refractivity contribution in [1.82, 2.24) is 0 Å². The van der Waals surface area contributed by atoms with Crippen LogP contribution in [0.3, 0.4) is 0 Å². The van der Waals surface area contributed by atoms with Gasteiger partial charge in [0.1, 0.15) is 0 Å². The highest BCUT2D eigenvalue weighted by Gasteiger charge is 2.07. The molecular formula is C6H9NO6. The van der Waals surface area contributed by atoms with E-state index < -0.39 is 17.0 Å². The SMILES string of the molecule is O=C(O)CCCCC(=O)O[N+](=O)[O-]. The summed E-state index contributed by atoms with van der Waals surface area (Å²) in [5.41, 5.74) is 0. The standard InChI is InChI=1S/C6H9NO6/c8-5(9)3-1-2-4-6(10)13-7(11)12/h1-4H2,(H,8,9). The van der Waals surface area contributed by atoms with Gasteiger partial charge in [0.15, 0.2) is 0 Å². The molecule has 0 rings (SSSR count). The van der Waals surface area contributed by atoms with Gasteiger partial charge in [-0.3, -0.25) is 9.59 Å². The zero-order valence-corrected chi connectivity index (χ0v) is 6.76. The van der Waals surface area contributed by atoms with E-state index in [4.69, 9.17) is 5.11 Å². The van der Waals surface area contributed by atoms with Crippen LogP contribution in [0.25, 0.3) is 0 Å².